The van der Waals surface area contributed by atoms with Gasteiger partial charge in [-0.1, -0.05) is 26.0 Å². The maximum absolute atomic E-state index is 12.3. The molecular formula is C14H19F2NOS. The number of anilines is 1. The van der Waals surface area contributed by atoms with Crippen molar-refractivity contribution in [2.75, 3.05) is 16.8 Å². The molecular weight excluding hydrogens is 268 g/mol. The van der Waals surface area contributed by atoms with Gasteiger partial charge in [-0.3, -0.25) is 0 Å². The molecule has 0 spiro atoms. The summed E-state index contributed by atoms with van der Waals surface area (Å²) >= 11 is 1.90. The van der Waals surface area contributed by atoms with Crippen LogP contribution in [-0.2, 0) is 0 Å². The third-order valence-corrected chi connectivity index (χ3v) is 4.70. The molecule has 0 bridgehead atoms. The Balaban J connectivity index is 2.06. The highest BCUT2D eigenvalue weighted by Gasteiger charge is 2.28. The molecule has 1 atom stereocenters. The molecule has 0 radical (unpaired) electrons. The van der Waals surface area contributed by atoms with E-state index in [1.54, 1.807) is 18.2 Å². The smallest absolute Gasteiger partial charge is 0.387 e. The zero-order chi connectivity index (χ0) is 13.9. The molecule has 1 aliphatic rings. The Morgan fingerprint density at radius 1 is 1.37 bits per heavy atom. The molecule has 2 rings (SSSR count). The van der Waals surface area contributed by atoms with E-state index in [-0.39, 0.29) is 17.2 Å². The minimum atomic E-state index is -2.79. The average Bonchev–Trinajstić information content (AvgIpc) is 2.30. The SMILES string of the molecule is CC1(C)CSCC(Nc2ccccc2OC(F)F)C1. The van der Waals surface area contributed by atoms with E-state index in [0.717, 1.165) is 17.9 Å². The largest absolute Gasteiger partial charge is 0.433 e. The number of nitrogens with one attached hydrogen (secondary N) is 1. The van der Waals surface area contributed by atoms with Crippen LogP contribution in [-0.4, -0.2) is 24.2 Å². The summed E-state index contributed by atoms with van der Waals surface area (Å²) in [7, 11) is 0. The lowest BCUT2D eigenvalue weighted by Crippen LogP contribution is -2.35. The van der Waals surface area contributed by atoms with Gasteiger partial charge in [0.1, 0.15) is 5.75 Å². The highest BCUT2D eigenvalue weighted by molar-refractivity contribution is 7.99. The van der Waals surface area contributed by atoms with Crippen LogP contribution in [0, 0.1) is 5.41 Å². The molecule has 1 N–H and O–H groups in total. The van der Waals surface area contributed by atoms with Crippen LogP contribution in [0.3, 0.4) is 0 Å². The van der Waals surface area contributed by atoms with Crippen LogP contribution in [0.1, 0.15) is 20.3 Å². The first-order valence-electron chi connectivity index (χ1n) is 6.34. The number of hydrogen-bond donors (Lipinski definition) is 1. The van der Waals surface area contributed by atoms with Gasteiger partial charge in [0.15, 0.2) is 0 Å². The second-order valence-corrected chi connectivity index (χ2v) is 6.63. The molecule has 1 unspecified atom stereocenters. The zero-order valence-electron chi connectivity index (χ0n) is 11.2. The zero-order valence-corrected chi connectivity index (χ0v) is 12.0. The van der Waals surface area contributed by atoms with Crippen molar-refractivity contribution >= 4 is 17.4 Å². The molecule has 1 aromatic carbocycles. The van der Waals surface area contributed by atoms with Gasteiger partial charge in [0.2, 0.25) is 0 Å². The highest BCUT2D eigenvalue weighted by Crippen LogP contribution is 2.36. The topological polar surface area (TPSA) is 21.3 Å². The Bertz CT molecular complexity index is 426. The lowest BCUT2D eigenvalue weighted by molar-refractivity contribution is -0.0494. The van der Waals surface area contributed by atoms with Gasteiger partial charge in [-0.2, -0.15) is 20.5 Å². The molecule has 106 valence electrons. The van der Waals surface area contributed by atoms with Gasteiger partial charge in [0.25, 0.3) is 0 Å². The Morgan fingerprint density at radius 3 is 2.79 bits per heavy atom. The first kappa shape index (κ1) is 14.4. The fourth-order valence-corrected chi connectivity index (χ4v) is 3.63. The monoisotopic (exact) mass is 287 g/mol. The van der Waals surface area contributed by atoms with Crippen molar-refractivity contribution in [1.82, 2.24) is 0 Å². The van der Waals surface area contributed by atoms with E-state index >= 15 is 0 Å². The molecule has 0 aliphatic carbocycles. The van der Waals surface area contributed by atoms with Gasteiger partial charge < -0.3 is 10.1 Å². The van der Waals surface area contributed by atoms with Crippen LogP contribution >= 0.6 is 11.8 Å². The summed E-state index contributed by atoms with van der Waals surface area (Å²) in [6.45, 7) is 1.67. The van der Waals surface area contributed by atoms with Crippen molar-refractivity contribution in [3.05, 3.63) is 24.3 Å². The molecule has 0 amide bonds. The first-order valence-corrected chi connectivity index (χ1v) is 7.50. The Hall–Kier alpha value is -0.970. The highest BCUT2D eigenvalue weighted by atomic mass is 32.2. The molecule has 1 aliphatic heterocycles. The van der Waals surface area contributed by atoms with E-state index in [4.69, 9.17) is 0 Å². The second-order valence-electron chi connectivity index (χ2n) is 5.60. The van der Waals surface area contributed by atoms with Gasteiger partial charge in [-0.05, 0) is 29.7 Å². The third-order valence-electron chi connectivity index (χ3n) is 3.07. The van der Waals surface area contributed by atoms with Crippen molar-refractivity contribution in [2.45, 2.75) is 32.9 Å². The standard InChI is InChI=1S/C14H19F2NOS/c1-14(2)7-10(8-19-9-14)17-11-5-3-4-6-12(11)18-13(15)16/h3-6,10,13,17H,7-9H2,1-2H3. The van der Waals surface area contributed by atoms with Crippen LogP contribution in [0.5, 0.6) is 5.75 Å². The van der Waals surface area contributed by atoms with Crippen molar-refractivity contribution in [2.24, 2.45) is 5.41 Å². The Labute approximate surface area is 116 Å². The minimum absolute atomic E-state index is 0.214. The Morgan fingerprint density at radius 2 is 2.11 bits per heavy atom. The number of hydrogen-bond acceptors (Lipinski definition) is 3. The van der Waals surface area contributed by atoms with Gasteiger partial charge in [-0.15, -0.1) is 0 Å². The molecule has 1 saturated heterocycles. The molecule has 0 aromatic heterocycles. The maximum atomic E-state index is 12.3. The van der Waals surface area contributed by atoms with Crippen LogP contribution in [0.4, 0.5) is 14.5 Å². The van der Waals surface area contributed by atoms with E-state index in [0.29, 0.717) is 5.69 Å². The number of rotatable bonds is 4. The van der Waals surface area contributed by atoms with Gasteiger partial charge in [-0.25, -0.2) is 0 Å². The van der Waals surface area contributed by atoms with Crippen LogP contribution in [0.2, 0.25) is 0 Å². The van der Waals surface area contributed by atoms with E-state index in [2.05, 4.69) is 23.9 Å². The number of thioether (sulfide) groups is 1. The van der Waals surface area contributed by atoms with E-state index in [9.17, 15) is 8.78 Å². The van der Waals surface area contributed by atoms with Crippen molar-refractivity contribution < 1.29 is 13.5 Å². The molecule has 2 nitrogen and oxygen atoms in total. The van der Waals surface area contributed by atoms with Gasteiger partial charge >= 0.3 is 6.61 Å². The third kappa shape index (κ3) is 4.27. The lowest BCUT2D eigenvalue weighted by Gasteiger charge is -2.35. The second kappa shape index (κ2) is 5.99. The van der Waals surface area contributed by atoms with Gasteiger partial charge in [0, 0.05) is 11.8 Å². The summed E-state index contributed by atoms with van der Waals surface area (Å²) in [5, 5.41) is 3.33. The summed E-state index contributed by atoms with van der Waals surface area (Å²) in [5.74, 6) is 2.35. The van der Waals surface area contributed by atoms with Crippen LogP contribution in [0.25, 0.3) is 0 Å². The summed E-state index contributed by atoms with van der Waals surface area (Å²) in [4.78, 5) is 0. The van der Waals surface area contributed by atoms with Crippen molar-refractivity contribution in [1.29, 1.82) is 0 Å². The summed E-state index contributed by atoms with van der Waals surface area (Å²) in [6, 6.07) is 7.15. The molecule has 5 heteroatoms. The van der Waals surface area contributed by atoms with Crippen LogP contribution < -0.4 is 10.1 Å². The number of halogens is 2. The van der Waals surface area contributed by atoms with E-state index in [1.807, 2.05) is 17.8 Å². The summed E-state index contributed by atoms with van der Waals surface area (Å²) in [5.41, 5.74) is 0.921. The van der Waals surface area contributed by atoms with Gasteiger partial charge in [0.05, 0.1) is 5.69 Å². The lowest BCUT2D eigenvalue weighted by atomic mass is 9.88. The number of benzene rings is 1. The normalized spacial score (nSPS) is 22.3. The molecule has 19 heavy (non-hydrogen) atoms. The van der Waals surface area contributed by atoms with Crippen LogP contribution in [0.15, 0.2) is 24.3 Å². The fraction of sp³-hybridized carbons (Fsp3) is 0.571. The minimum Gasteiger partial charge on any atom is -0.433 e. The molecule has 0 saturated carbocycles. The number of alkyl halides is 2. The predicted molar refractivity (Wildman–Crippen MR) is 76.2 cm³/mol. The quantitative estimate of drug-likeness (QED) is 0.895. The fourth-order valence-electron chi connectivity index (χ4n) is 2.36. The molecule has 1 fully saturated rings. The first-order chi connectivity index (χ1) is 8.96. The molecule has 1 aromatic rings. The maximum Gasteiger partial charge on any atom is 0.387 e. The van der Waals surface area contributed by atoms with Crippen molar-refractivity contribution in [3.63, 3.8) is 0 Å². The Kier molecular flexibility index (Phi) is 4.55. The predicted octanol–water partition coefficient (Wildman–Crippen LogP) is 4.23. The average molecular weight is 287 g/mol. The van der Waals surface area contributed by atoms with E-state index in [1.165, 1.54) is 0 Å². The number of para-hydroxylation sites is 2. The van der Waals surface area contributed by atoms with Crippen molar-refractivity contribution in [3.8, 4) is 5.75 Å². The number of ether oxygens (including phenoxy) is 1. The molecule has 1 heterocycles. The van der Waals surface area contributed by atoms with E-state index < -0.39 is 6.61 Å². The summed E-state index contributed by atoms with van der Waals surface area (Å²) < 4.78 is 29.2. The summed E-state index contributed by atoms with van der Waals surface area (Å²) in [6.07, 6.45) is 1.03.